The zero-order valence-electron chi connectivity index (χ0n) is 16.4. The van der Waals surface area contributed by atoms with Gasteiger partial charge in [0.25, 0.3) is 5.91 Å². The molecular weight excluding hydrogens is 399 g/mol. The predicted molar refractivity (Wildman–Crippen MR) is 104 cm³/mol. The number of hydrogen-bond acceptors (Lipinski definition) is 5. The molecule has 1 aliphatic rings. The highest BCUT2D eigenvalue weighted by Gasteiger charge is 2.34. The van der Waals surface area contributed by atoms with E-state index in [0.29, 0.717) is 31.5 Å². The van der Waals surface area contributed by atoms with Crippen LogP contribution in [-0.4, -0.2) is 47.5 Å². The lowest BCUT2D eigenvalue weighted by Crippen LogP contribution is -2.47. The Morgan fingerprint density at radius 1 is 1.13 bits per heavy atom. The van der Waals surface area contributed by atoms with Gasteiger partial charge in [-0.1, -0.05) is 18.2 Å². The topological polar surface area (TPSA) is 87.2 Å². The summed E-state index contributed by atoms with van der Waals surface area (Å²) in [6, 6.07) is 9.41. The van der Waals surface area contributed by atoms with Gasteiger partial charge in [0, 0.05) is 30.8 Å². The van der Waals surface area contributed by atoms with Crippen molar-refractivity contribution in [2.75, 3.05) is 24.5 Å². The number of aromatic nitrogens is 2. The van der Waals surface area contributed by atoms with Crippen molar-refractivity contribution >= 4 is 17.6 Å². The standard InChI is InChI=1S/C20H22F3N5O2/c1-13-25-16(20(21,22)23)11-17(26-13)28-9-7-15(8-10-28)27-18(29)12-24-19(30)14-5-3-2-4-6-14/h2-6,11,15H,7-10,12H2,1H3,(H,24,30)(H,27,29). The van der Waals surface area contributed by atoms with Gasteiger partial charge in [-0.05, 0) is 31.9 Å². The van der Waals surface area contributed by atoms with E-state index in [1.807, 2.05) is 0 Å². The van der Waals surface area contributed by atoms with E-state index in [0.717, 1.165) is 6.07 Å². The minimum Gasteiger partial charge on any atom is -0.356 e. The maximum Gasteiger partial charge on any atom is 0.433 e. The second kappa shape index (κ2) is 9.10. The number of halogens is 3. The first-order valence-electron chi connectivity index (χ1n) is 9.53. The Balaban J connectivity index is 1.48. The summed E-state index contributed by atoms with van der Waals surface area (Å²) in [7, 11) is 0. The summed E-state index contributed by atoms with van der Waals surface area (Å²) in [5, 5.41) is 5.42. The number of anilines is 1. The van der Waals surface area contributed by atoms with Crippen LogP contribution >= 0.6 is 0 Å². The van der Waals surface area contributed by atoms with Crippen LogP contribution in [0.4, 0.5) is 19.0 Å². The molecule has 1 aliphatic heterocycles. The molecule has 3 rings (SSSR count). The number of nitrogens with one attached hydrogen (secondary N) is 2. The second-order valence-electron chi connectivity index (χ2n) is 7.03. The van der Waals surface area contributed by atoms with Crippen LogP contribution in [0, 0.1) is 6.92 Å². The van der Waals surface area contributed by atoms with Crippen molar-refractivity contribution in [3.8, 4) is 0 Å². The Kier molecular flexibility index (Phi) is 6.53. The summed E-state index contributed by atoms with van der Waals surface area (Å²) in [4.78, 5) is 33.4. The zero-order chi connectivity index (χ0) is 21.7. The number of nitrogens with zero attached hydrogens (tertiary/aromatic N) is 3. The van der Waals surface area contributed by atoms with Crippen molar-refractivity contribution in [3.63, 3.8) is 0 Å². The molecule has 1 fully saturated rings. The summed E-state index contributed by atoms with van der Waals surface area (Å²) in [5.41, 5.74) is -0.494. The van der Waals surface area contributed by atoms with E-state index >= 15 is 0 Å². The van der Waals surface area contributed by atoms with Crippen LogP contribution in [0.1, 0.15) is 34.7 Å². The predicted octanol–water partition coefficient (Wildman–Crippen LogP) is 2.32. The van der Waals surface area contributed by atoms with E-state index in [1.54, 1.807) is 35.2 Å². The Morgan fingerprint density at radius 2 is 1.80 bits per heavy atom. The highest BCUT2D eigenvalue weighted by Crippen LogP contribution is 2.30. The molecule has 0 radical (unpaired) electrons. The van der Waals surface area contributed by atoms with Crippen molar-refractivity contribution < 1.29 is 22.8 Å². The molecule has 7 nitrogen and oxygen atoms in total. The van der Waals surface area contributed by atoms with Gasteiger partial charge in [0.05, 0.1) is 6.54 Å². The Bertz CT molecular complexity index is 897. The molecule has 2 N–H and O–H groups in total. The Labute approximate surface area is 171 Å². The Hall–Kier alpha value is -3.17. The molecule has 0 unspecified atom stereocenters. The summed E-state index contributed by atoms with van der Waals surface area (Å²) in [6.07, 6.45) is -3.41. The van der Waals surface area contributed by atoms with Crippen LogP contribution in [0.15, 0.2) is 36.4 Å². The molecule has 0 bridgehead atoms. The first-order chi connectivity index (χ1) is 14.2. The average molecular weight is 421 g/mol. The molecular formula is C20H22F3N5O2. The Morgan fingerprint density at radius 3 is 2.43 bits per heavy atom. The van der Waals surface area contributed by atoms with Gasteiger partial charge in [0.1, 0.15) is 17.3 Å². The van der Waals surface area contributed by atoms with Gasteiger partial charge in [-0.15, -0.1) is 0 Å². The first kappa shape index (κ1) is 21.5. The third-order valence-electron chi connectivity index (χ3n) is 4.74. The fraction of sp³-hybridized carbons (Fsp3) is 0.400. The van der Waals surface area contributed by atoms with Gasteiger partial charge in [0.15, 0.2) is 0 Å². The molecule has 160 valence electrons. The SMILES string of the molecule is Cc1nc(N2CCC(NC(=O)CNC(=O)c3ccccc3)CC2)cc(C(F)(F)F)n1. The third-order valence-corrected chi connectivity index (χ3v) is 4.74. The highest BCUT2D eigenvalue weighted by molar-refractivity contribution is 5.96. The molecule has 30 heavy (non-hydrogen) atoms. The number of alkyl halides is 3. The van der Waals surface area contributed by atoms with Crippen molar-refractivity contribution in [1.29, 1.82) is 0 Å². The van der Waals surface area contributed by atoms with E-state index in [2.05, 4.69) is 20.6 Å². The van der Waals surface area contributed by atoms with Crippen molar-refractivity contribution in [3.05, 3.63) is 53.5 Å². The number of hydrogen-bond donors (Lipinski definition) is 2. The zero-order valence-corrected chi connectivity index (χ0v) is 16.4. The van der Waals surface area contributed by atoms with Crippen LogP contribution < -0.4 is 15.5 Å². The fourth-order valence-corrected chi connectivity index (χ4v) is 3.24. The van der Waals surface area contributed by atoms with Gasteiger partial charge in [-0.25, -0.2) is 9.97 Å². The van der Waals surface area contributed by atoms with Crippen LogP contribution in [0.5, 0.6) is 0 Å². The molecule has 2 aromatic rings. The molecule has 1 saturated heterocycles. The highest BCUT2D eigenvalue weighted by atomic mass is 19.4. The van der Waals surface area contributed by atoms with E-state index in [1.165, 1.54) is 6.92 Å². The van der Waals surface area contributed by atoms with Crippen molar-refractivity contribution in [1.82, 2.24) is 20.6 Å². The lowest BCUT2D eigenvalue weighted by Gasteiger charge is -2.33. The number of carbonyl (C=O) groups excluding carboxylic acids is 2. The van der Waals surface area contributed by atoms with Crippen LogP contribution in [0.3, 0.4) is 0 Å². The van der Waals surface area contributed by atoms with E-state index < -0.39 is 11.9 Å². The van der Waals surface area contributed by atoms with Crippen molar-refractivity contribution in [2.24, 2.45) is 0 Å². The molecule has 2 amide bonds. The molecule has 0 aliphatic carbocycles. The smallest absolute Gasteiger partial charge is 0.356 e. The molecule has 1 aromatic heterocycles. The maximum absolute atomic E-state index is 13.0. The normalized spacial score (nSPS) is 15.0. The van der Waals surface area contributed by atoms with E-state index in [4.69, 9.17) is 0 Å². The number of aryl methyl sites for hydroxylation is 1. The number of piperidine rings is 1. The largest absolute Gasteiger partial charge is 0.433 e. The minimum absolute atomic E-state index is 0.0596. The van der Waals surface area contributed by atoms with Crippen molar-refractivity contribution in [2.45, 2.75) is 32.0 Å². The van der Waals surface area contributed by atoms with Crippen LogP contribution in [0.2, 0.25) is 0 Å². The molecule has 10 heteroatoms. The van der Waals surface area contributed by atoms with Crippen LogP contribution in [-0.2, 0) is 11.0 Å². The van der Waals surface area contributed by atoms with E-state index in [9.17, 15) is 22.8 Å². The van der Waals surface area contributed by atoms with Gasteiger partial charge >= 0.3 is 6.18 Å². The van der Waals surface area contributed by atoms with Gasteiger partial charge in [0.2, 0.25) is 5.91 Å². The maximum atomic E-state index is 13.0. The van der Waals surface area contributed by atoms with Gasteiger partial charge in [-0.3, -0.25) is 9.59 Å². The number of benzene rings is 1. The number of carbonyl (C=O) groups is 2. The number of amides is 2. The minimum atomic E-state index is -4.53. The summed E-state index contributed by atoms with van der Waals surface area (Å²) in [6.45, 7) is 2.19. The molecule has 1 aromatic carbocycles. The average Bonchev–Trinajstić information content (AvgIpc) is 2.72. The third kappa shape index (κ3) is 5.68. The molecule has 0 saturated carbocycles. The quantitative estimate of drug-likeness (QED) is 0.774. The fourth-order valence-electron chi connectivity index (χ4n) is 3.24. The second-order valence-corrected chi connectivity index (χ2v) is 7.03. The van der Waals surface area contributed by atoms with E-state index in [-0.39, 0.29) is 36.0 Å². The van der Waals surface area contributed by atoms with Crippen LogP contribution in [0.25, 0.3) is 0 Å². The lowest BCUT2D eigenvalue weighted by molar-refractivity contribution is -0.141. The number of rotatable bonds is 5. The summed E-state index contributed by atoms with van der Waals surface area (Å²) < 4.78 is 38.9. The lowest BCUT2D eigenvalue weighted by atomic mass is 10.0. The van der Waals surface area contributed by atoms with Gasteiger partial charge < -0.3 is 15.5 Å². The molecule has 0 spiro atoms. The molecule has 0 atom stereocenters. The van der Waals surface area contributed by atoms with Gasteiger partial charge in [-0.2, -0.15) is 13.2 Å². The summed E-state index contributed by atoms with van der Waals surface area (Å²) in [5.74, 6) is -0.353. The molecule has 2 heterocycles. The first-order valence-corrected chi connectivity index (χ1v) is 9.53. The monoisotopic (exact) mass is 421 g/mol. The summed E-state index contributed by atoms with van der Waals surface area (Å²) >= 11 is 0.